The molecule has 0 saturated carbocycles. The van der Waals surface area contributed by atoms with Crippen molar-refractivity contribution in [3.8, 4) is 11.3 Å². The summed E-state index contributed by atoms with van der Waals surface area (Å²) in [6, 6.07) is 6.98. The van der Waals surface area contributed by atoms with E-state index >= 15 is 0 Å². The van der Waals surface area contributed by atoms with E-state index in [2.05, 4.69) is 9.97 Å². The van der Waals surface area contributed by atoms with E-state index in [1.165, 1.54) is 0 Å². The summed E-state index contributed by atoms with van der Waals surface area (Å²) in [5, 5.41) is 0. The molecule has 1 aromatic carbocycles. The minimum absolute atomic E-state index is 0.450. The van der Waals surface area contributed by atoms with Gasteiger partial charge in [-0.2, -0.15) is 0 Å². The van der Waals surface area contributed by atoms with Gasteiger partial charge in [-0.05, 0) is 25.1 Å². The van der Waals surface area contributed by atoms with Crippen LogP contribution in [0.3, 0.4) is 0 Å². The lowest BCUT2D eigenvalue weighted by atomic mass is 10.1. The molecule has 96 valence electrons. The first-order valence-electron chi connectivity index (χ1n) is 5.67. The maximum absolute atomic E-state index is 11.2. The molecule has 0 fully saturated rings. The third kappa shape index (κ3) is 1.83. The summed E-state index contributed by atoms with van der Waals surface area (Å²) < 4.78 is 5.00. The van der Waals surface area contributed by atoms with Crippen molar-refractivity contribution >= 4 is 17.0 Å². The molecular formula is C13H11N3O3. The average Bonchev–Trinajstić information content (AvgIpc) is 2.89. The quantitative estimate of drug-likeness (QED) is 0.648. The molecule has 0 unspecified atom stereocenters. The lowest BCUT2D eigenvalue weighted by Crippen LogP contribution is -2.10. The van der Waals surface area contributed by atoms with Gasteiger partial charge in [0.2, 0.25) is 0 Å². The van der Waals surface area contributed by atoms with Crippen LogP contribution < -0.4 is 11.5 Å². The highest BCUT2D eigenvalue weighted by molar-refractivity contribution is 5.95. The third-order valence-corrected chi connectivity index (χ3v) is 3.01. The normalized spacial score (nSPS) is 11.0. The zero-order chi connectivity index (χ0) is 13.6. The number of carbonyl (C=O) groups excluding carboxylic acids is 1. The highest BCUT2D eigenvalue weighted by Gasteiger charge is 2.11. The molecule has 2 heterocycles. The maximum Gasteiger partial charge on any atom is 0.417 e. The molecule has 3 aromatic rings. The molecule has 19 heavy (non-hydrogen) atoms. The number of carbonyl (C=O) groups is 1. The molecule has 1 amide bonds. The van der Waals surface area contributed by atoms with E-state index in [1.807, 2.05) is 6.07 Å². The molecule has 2 aromatic heterocycles. The standard InChI is InChI=1S/C13H11N3O3/c1-6-8(12(14)17)5-10(15-6)7-2-3-9-11(4-7)19-13(18)16-9/h2-5,15H,1H3,(H2,14,17)(H,16,18). The molecule has 6 heteroatoms. The minimum Gasteiger partial charge on any atom is -0.408 e. The molecule has 0 aliphatic heterocycles. The number of aromatic nitrogens is 2. The van der Waals surface area contributed by atoms with E-state index in [9.17, 15) is 9.59 Å². The molecule has 6 nitrogen and oxygen atoms in total. The van der Waals surface area contributed by atoms with Gasteiger partial charge in [0.25, 0.3) is 5.91 Å². The summed E-state index contributed by atoms with van der Waals surface area (Å²) in [6.07, 6.45) is 0. The number of amides is 1. The van der Waals surface area contributed by atoms with Crippen LogP contribution in [0.15, 0.2) is 33.5 Å². The predicted molar refractivity (Wildman–Crippen MR) is 69.9 cm³/mol. The second-order valence-electron chi connectivity index (χ2n) is 4.31. The van der Waals surface area contributed by atoms with Gasteiger partial charge in [-0.25, -0.2) is 4.79 Å². The second-order valence-corrected chi connectivity index (χ2v) is 4.31. The molecule has 4 N–H and O–H groups in total. The number of hydrogen-bond donors (Lipinski definition) is 3. The fraction of sp³-hybridized carbons (Fsp3) is 0.0769. The summed E-state index contributed by atoms with van der Waals surface area (Å²) in [5.74, 6) is -0.970. The van der Waals surface area contributed by atoms with Gasteiger partial charge in [-0.1, -0.05) is 6.07 Å². The zero-order valence-corrected chi connectivity index (χ0v) is 10.1. The Balaban J connectivity index is 2.15. The Hall–Kier alpha value is -2.76. The Bertz CT molecular complexity index is 838. The van der Waals surface area contributed by atoms with Crippen molar-refractivity contribution in [1.82, 2.24) is 9.97 Å². The SMILES string of the molecule is Cc1[nH]c(-c2ccc3[nH]c(=O)oc3c2)cc1C(N)=O. The van der Waals surface area contributed by atoms with Gasteiger partial charge in [0.15, 0.2) is 5.58 Å². The van der Waals surface area contributed by atoms with Crippen molar-refractivity contribution in [3.05, 3.63) is 46.1 Å². The van der Waals surface area contributed by atoms with Crippen LogP contribution in [-0.4, -0.2) is 15.9 Å². The highest BCUT2D eigenvalue weighted by Crippen LogP contribution is 2.24. The van der Waals surface area contributed by atoms with Crippen LogP contribution in [0, 0.1) is 6.92 Å². The number of benzene rings is 1. The Morgan fingerprint density at radius 1 is 1.26 bits per heavy atom. The van der Waals surface area contributed by atoms with Crippen molar-refractivity contribution < 1.29 is 9.21 Å². The van der Waals surface area contributed by atoms with Crippen molar-refractivity contribution in [2.24, 2.45) is 5.73 Å². The molecule has 3 rings (SSSR count). The number of aryl methyl sites for hydroxylation is 1. The van der Waals surface area contributed by atoms with Crippen LogP contribution in [0.2, 0.25) is 0 Å². The van der Waals surface area contributed by atoms with E-state index in [0.717, 1.165) is 11.3 Å². The van der Waals surface area contributed by atoms with Crippen LogP contribution in [0.1, 0.15) is 16.1 Å². The number of H-pyrrole nitrogens is 2. The van der Waals surface area contributed by atoms with Crippen molar-refractivity contribution in [3.63, 3.8) is 0 Å². The Kier molecular flexibility index (Phi) is 2.31. The number of rotatable bonds is 2. The summed E-state index contributed by atoms with van der Waals surface area (Å²) >= 11 is 0. The first-order valence-corrected chi connectivity index (χ1v) is 5.67. The van der Waals surface area contributed by atoms with Crippen molar-refractivity contribution in [2.45, 2.75) is 6.92 Å². The monoisotopic (exact) mass is 257 g/mol. The van der Waals surface area contributed by atoms with Gasteiger partial charge < -0.3 is 15.1 Å². The van der Waals surface area contributed by atoms with Crippen LogP contribution in [0.25, 0.3) is 22.4 Å². The van der Waals surface area contributed by atoms with Gasteiger partial charge in [0.1, 0.15) is 0 Å². The second kappa shape index (κ2) is 3.88. The van der Waals surface area contributed by atoms with Crippen LogP contribution in [0.5, 0.6) is 0 Å². The zero-order valence-electron chi connectivity index (χ0n) is 10.1. The molecule has 0 radical (unpaired) electrons. The van der Waals surface area contributed by atoms with Gasteiger partial charge in [-0.3, -0.25) is 9.78 Å². The molecule has 0 bridgehead atoms. The van der Waals surface area contributed by atoms with Crippen molar-refractivity contribution in [1.29, 1.82) is 0 Å². The summed E-state index contributed by atoms with van der Waals surface area (Å²) in [7, 11) is 0. The van der Waals surface area contributed by atoms with Crippen LogP contribution in [-0.2, 0) is 0 Å². The molecular weight excluding hydrogens is 246 g/mol. The first kappa shape index (κ1) is 11.3. The fourth-order valence-electron chi connectivity index (χ4n) is 2.08. The third-order valence-electron chi connectivity index (χ3n) is 3.01. The number of fused-ring (bicyclic) bond motifs is 1. The summed E-state index contributed by atoms with van der Waals surface area (Å²) in [4.78, 5) is 28.0. The molecule has 0 spiro atoms. The van der Waals surface area contributed by atoms with E-state index in [0.29, 0.717) is 22.4 Å². The molecule has 0 aliphatic carbocycles. The minimum atomic E-state index is -0.493. The summed E-state index contributed by atoms with van der Waals surface area (Å²) in [5.41, 5.74) is 9.09. The van der Waals surface area contributed by atoms with Gasteiger partial charge in [0, 0.05) is 17.0 Å². The molecule has 0 atom stereocenters. The summed E-state index contributed by atoms with van der Waals surface area (Å²) in [6.45, 7) is 1.78. The topological polar surface area (TPSA) is 105 Å². The van der Waals surface area contributed by atoms with Crippen LogP contribution >= 0.6 is 0 Å². The number of nitrogens with one attached hydrogen (secondary N) is 2. The van der Waals surface area contributed by atoms with E-state index in [-0.39, 0.29) is 0 Å². The number of aromatic amines is 2. The number of nitrogens with two attached hydrogens (primary N) is 1. The number of oxazole rings is 1. The maximum atomic E-state index is 11.2. The van der Waals surface area contributed by atoms with E-state index < -0.39 is 11.7 Å². The molecule has 0 saturated heterocycles. The average molecular weight is 257 g/mol. The highest BCUT2D eigenvalue weighted by atomic mass is 16.4. The van der Waals surface area contributed by atoms with E-state index in [4.69, 9.17) is 10.2 Å². The van der Waals surface area contributed by atoms with Gasteiger partial charge in [-0.15, -0.1) is 0 Å². The smallest absolute Gasteiger partial charge is 0.408 e. The van der Waals surface area contributed by atoms with Crippen LogP contribution in [0.4, 0.5) is 0 Å². The van der Waals surface area contributed by atoms with Gasteiger partial charge in [0.05, 0.1) is 11.1 Å². The first-order chi connectivity index (χ1) is 9.04. The van der Waals surface area contributed by atoms with E-state index in [1.54, 1.807) is 25.1 Å². The Labute approximate surface area is 107 Å². The number of primary amides is 1. The Morgan fingerprint density at radius 3 is 2.74 bits per heavy atom. The fourth-order valence-corrected chi connectivity index (χ4v) is 2.08. The lowest BCUT2D eigenvalue weighted by molar-refractivity contribution is 0.1000. The Morgan fingerprint density at radius 2 is 2.05 bits per heavy atom. The molecule has 0 aliphatic rings. The lowest BCUT2D eigenvalue weighted by Gasteiger charge is -1.96. The van der Waals surface area contributed by atoms with Crippen molar-refractivity contribution in [2.75, 3.05) is 0 Å². The van der Waals surface area contributed by atoms with Gasteiger partial charge >= 0.3 is 5.76 Å². The predicted octanol–water partition coefficient (Wildman–Crippen LogP) is 1.52. The number of hydrogen-bond acceptors (Lipinski definition) is 3. The largest absolute Gasteiger partial charge is 0.417 e.